The van der Waals surface area contributed by atoms with E-state index in [-0.39, 0.29) is 5.43 Å². The second-order valence-corrected chi connectivity index (χ2v) is 8.57. The molecule has 0 radical (unpaired) electrons. The van der Waals surface area contributed by atoms with Crippen LogP contribution in [0.2, 0.25) is 0 Å². The summed E-state index contributed by atoms with van der Waals surface area (Å²) in [5.41, 5.74) is 4.41. The predicted octanol–water partition coefficient (Wildman–Crippen LogP) is 3.33. The van der Waals surface area contributed by atoms with E-state index in [0.717, 1.165) is 50.5 Å². The maximum atomic E-state index is 13.5. The molecule has 2 aliphatic heterocycles. The summed E-state index contributed by atoms with van der Waals surface area (Å²) in [6, 6.07) is 16.9. The lowest BCUT2D eigenvalue weighted by atomic mass is 10.1. The average molecular weight is 408 g/mol. The van der Waals surface area contributed by atoms with Crippen LogP contribution in [0.1, 0.15) is 30.9 Å². The van der Waals surface area contributed by atoms with Crippen molar-refractivity contribution in [1.29, 1.82) is 0 Å². The highest BCUT2D eigenvalue weighted by Crippen LogP contribution is 2.21. The van der Waals surface area contributed by atoms with Gasteiger partial charge in [-0.2, -0.15) is 0 Å². The van der Waals surface area contributed by atoms with Crippen molar-refractivity contribution in [2.24, 2.45) is 0 Å². The van der Waals surface area contributed by atoms with Crippen LogP contribution in [0.15, 0.2) is 53.3 Å². The van der Waals surface area contributed by atoms with E-state index >= 15 is 0 Å². The molecule has 0 saturated carbocycles. The number of para-hydroxylation sites is 1. The number of hydrogen-bond acceptors (Lipinski definition) is 5. The molecule has 0 amide bonds. The van der Waals surface area contributed by atoms with Gasteiger partial charge in [0.05, 0.1) is 18.9 Å². The van der Waals surface area contributed by atoms with Crippen LogP contribution in [0.5, 0.6) is 0 Å². The second kappa shape index (κ2) is 9.63. The van der Waals surface area contributed by atoms with Crippen LogP contribution >= 0.6 is 0 Å². The molecule has 4 rings (SSSR count). The molecule has 2 heterocycles. The van der Waals surface area contributed by atoms with Gasteiger partial charge in [0.15, 0.2) is 0 Å². The Morgan fingerprint density at radius 1 is 0.867 bits per heavy atom. The van der Waals surface area contributed by atoms with Gasteiger partial charge in [-0.3, -0.25) is 9.69 Å². The molecule has 0 aromatic heterocycles. The Morgan fingerprint density at radius 2 is 1.57 bits per heavy atom. The lowest BCUT2D eigenvalue weighted by Gasteiger charge is -2.36. The summed E-state index contributed by atoms with van der Waals surface area (Å²) in [6.07, 6.45) is 0. The van der Waals surface area contributed by atoms with Crippen molar-refractivity contribution in [3.63, 3.8) is 0 Å². The minimum absolute atomic E-state index is 0.175. The minimum Gasteiger partial charge on any atom is -0.378 e. The van der Waals surface area contributed by atoms with Gasteiger partial charge in [0.1, 0.15) is 0 Å². The molecule has 2 aromatic rings. The van der Waals surface area contributed by atoms with Crippen LogP contribution in [-0.2, 0) is 11.3 Å². The highest BCUT2D eigenvalue weighted by atomic mass is 16.5. The zero-order valence-electron chi connectivity index (χ0n) is 18.2. The fourth-order valence-electron chi connectivity index (χ4n) is 4.28. The first-order valence-electron chi connectivity index (χ1n) is 11.1. The van der Waals surface area contributed by atoms with Crippen LogP contribution < -0.4 is 15.2 Å². The fraction of sp³-hybridized carbons (Fsp3) is 0.480. The first kappa shape index (κ1) is 20.9. The molecule has 0 atom stereocenters. The number of benzene rings is 1. The average Bonchev–Trinajstić information content (AvgIpc) is 2.95. The summed E-state index contributed by atoms with van der Waals surface area (Å²) < 4.78 is 5.50. The van der Waals surface area contributed by atoms with Crippen molar-refractivity contribution in [2.75, 3.05) is 62.3 Å². The molecule has 0 aliphatic carbocycles. The van der Waals surface area contributed by atoms with Gasteiger partial charge in [0.25, 0.3) is 0 Å². The Kier molecular flexibility index (Phi) is 6.70. The first-order valence-corrected chi connectivity index (χ1v) is 11.1. The molecule has 0 N–H and O–H groups in total. The van der Waals surface area contributed by atoms with Crippen molar-refractivity contribution in [1.82, 2.24) is 4.90 Å². The molecule has 2 aromatic carbocycles. The molecule has 5 nitrogen and oxygen atoms in total. The standard InChI is InChI=1S/C25H33N3O2/c1-20(2)21-8-9-22(25(29)24(18-21)28-14-16-30-17-15-28)19-26-10-12-27(13-11-26)23-6-4-3-5-7-23/h3-9,18,20H,10-17,19H2,1-2H3. The number of anilines is 2. The zero-order chi connectivity index (χ0) is 20.9. The molecule has 2 saturated heterocycles. The number of ether oxygens (including phenoxy) is 1. The molecule has 2 aliphatic rings. The monoisotopic (exact) mass is 407 g/mol. The molecule has 0 bridgehead atoms. The van der Waals surface area contributed by atoms with Gasteiger partial charge in [-0.25, -0.2) is 0 Å². The number of nitrogens with zero attached hydrogens (tertiary/aromatic N) is 3. The third-order valence-corrected chi connectivity index (χ3v) is 6.21. The molecular formula is C25H33N3O2. The SMILES string of the molecule is CC(C)c1ccc(CN2CCN(c3ccccc3)CC2)c(=O)c(N2CCOCC2)c1. The van der Waals surface area contributed by atoms with Crippen LogP contribution in [0.4, 0.5) is 11.4 Å². The van der Waals surface area contributed by atoms with Gasteiger partial charge in [-0.1, -0.05) is 44.2 Å². The van der Waals surface area contributed by atoms with Crippen LogP contribution in [0, 0.1) is 0 Å². The van der Waals surface area contributed by atoms with E-state index in [1.54, 1.807) is 0 Å². The number of morpholine rings is 1. The van der Waals surface area contributed by atoms with E-state index in [1.165, 1.54) is 11.3 Å². The van der Waals surface area contributed by atoms with Gasteiger partial charge in [-0.05, 0) is 29.7 Å². The second-order valence-electron chi connectivity index (χ2n) is 8.57. The maximum Gasteiger partial charge on any atom is 0.206 e. The van der Waals surface area contributed by atoms with Gasteiger partial charge in [0.2, 0.25) is 5.43 Å². The molecule has 0 unspecified atom stereocenters. The summed E-state index contributed by atoms with van der Waals surface area (Å²) >= 11 is 0. The molecule has 0 spiro atoms. The van der Waals surface area contributed by atoms with E-state index < -0.39 is 0 Å². The first-order chi connectivity index (χ1) is 14.6. The van der Waals surface area contributed by atoms with Crippen molar-refractivity contribution in [3.8, 4) is 0 Å². The molecule has 30 heavy (non-hydrogen) atoms. The van der Waals surface area contributed by atoms with Crippen LogP contribution in [0.25, 0.3) is 0 Å². The third-order valence-electron chi connectivity index (χ3n) is 6.21. The summed E-state index contributed by atoms with van der Waals surface area (Å²) in [4.78, 5) is 20.5. The Bertz CT molecular complexity index is 886. The lowest BCUT2D eigenvalue weighted by molar-refractivity contribution is 0.122. The molecular weight excluding hydrogens is 374 g/mol. The number of rotatable bonds is 5. The highest BCUT2D eigenvalue weighted by molar-refractivity contribution is 5.51. The van der Waals surface area contributed by atoms with Crippen LogP contribution in [-0.4, -0.2) is 57.4 Å². The van der Waals surface area contributed by atoms with Crippen molar-refractivity contribution < 1.29 is 4.74 Å². The summed E-state index contributed by atoms with van der Waals surface area (Å²) in [7, 11) is 0. The normalized spacial score (nSPS) is 18.1. The largest absolute Gasteiger partial charge is 0.378 e. The van der Waals surface area contributed by atoms with E-state index in [4.69, 9.17) is 4.74 Å². The van der Waals surface area contributed by atoms with E-state index in [1.807, 2.05) is 0 Å². The smallest absolute Gasteiger partial charge is 0.206 e. The third kappa shape index (κ3) is 4.85. The molecule has 5 heteroatoms. The van der Waals surface area contributed by atoms with Gasteiger partial charge in [-0.15, -0.1) is 0 Å². The summed E-state index contributed by atoms with van der Waals surface area (Å²) in [5, 5.41) is 0. The van der Waals surface area contributed by atoms with E-state index in [2.05, 4.69) is 77.1 Å². The predicted molar refractivity (Wildman–Crippen MR) is 124 cm³/mol. The fourth-order valence-corrected chi connectivity index (χ4v) is 4.28. The van der Waals surface area contributed by atoms with Crippen molar-refractivity contribution in [2.45, 2.75) is 26.3 Å². The highest BCUT2D eigenvalue weighted by Gasteiger charge is 2.20. The Hall–Kier alpha value is -2.37. The Labute approximate surface area is 179 Å². The van der Waals surface area contributed by atoms with Crippen LogP contribution in [0.3, 0.4) is 0 Å². The maximum absolute atomic E-state index is 13.5. The quantitative estimate of drug-likeness (QED) is 0.760. The minimum atomic E-state index is 0.175. The molecule has 160 valence electrons. The summed E-state index contributed by atoms with van der Waals surface area (Å²) in [5.74, 6) is 0.388. The van der Waals surface area contributed by atoms with E-state index in [9.17, 15) is 4.79 Å². The van der Waals surface area contributed by atoms with Crippen molar-refractivity contribution >= 4 is 11.4 Å². The van der Waals surface area contributed by atoms with Crippen molar-refractivity contribution in [3.05, 3.63) is 69.9 Å². The Morgan fingerprint density at radius 3 is 2.23 bits per heavy atom. The zero-order valence-corrected chi connectivity index (χ0v) is 18.2. The van der Waals surface area contributed by atoms with Gasteiger partial charge < -0.3 is 14.5 Å². The number of piperazine rings is 1. The van der Waals surface area contributed by atoms with E-state index in [0.29, 0.717) is 25.7 Å². The Balaban J connectivity index is 1.52. The van der Waals surface area contributed by atoms with Gasteiger partial charge in [0, 0.05) is 57.1 Å². The molecule has 2 fully saturated rings. The van der Waals surface area contributed by atoms with Gasteiger partial charge >= 0.3 is 0 Å². The summed E-state index contributed by atoms with van der Waals surface area (Å²) in [6.45, 7) is 11.9. The number of hydrogen-bond donors (Lipinski definition) is 0. The lowest BCUT2D eigenvalue weighted by Crippen LogP contribution is -2.46. The topological polar surface area (TPSA) is 36.0 Å².